The van der Waals surface area contributed by atoms with Gasteiger partial charge in [-0.1, -0.05) is 42.5 Å². The molecule has 1 unspecified atom stereocenters. The van der Waals surface area contributed by atoms with Crippen LogP contribution in [0.15, 0.2) is 64.5 Å². The molecule has 8 heteroatoms. The molecular weight excluding hydrogens is 511 g/mol. The SMILES string of the molecule is CCNC(=NCCc1ccc(S(N)(=O)=O)cc1)N1CCC(Cc2ccccc2)C1.I. The molecule has 164 valence electrons. The molecule has 3 rings (SSSR count). The Morgan fingerprint density at radius 1 is 1.13 bits per heavy atom. The molecule has 0 saturated carbocycles. The van der Waals surface area contributed by atoms with Crippen LogP contribution >= 0.6 is 24.0 Å². The molecule has 3 N–H and O–H groups in total. The second kappa shape index (κ2) is 11.7. The number of primary sulfonamides is 1. The number of hydrogen-bond donors (Lipinski definition) is 2. The fourth-order valence-corrected chi connectivity index (χ4v) is 4.22. The highest BCUT2D eigenvalue weighted by Crippen LogP contribution is 2.21. The largest absolute Gasteiger partial charge is 0.357 e. The summed E-state index contributed by atoms with van der Waals surface area (Å²) in [6.07, 6.45) is 3.03. The summed E-state index contributed by atoms with van der Waals surface area (Å²) in [5, 5.41) is 8.55. The van der Waals surface area contributed by atoms with Gasteiger partial charge in [0.1, 0.15) is 0 Å². The van der Waals surface area contributed by atoms with Crippen LogP contribution in [0.5, 0.6) is 0 Å². The second-order valence-corrected chi connectivity index (χ2v) is 9.03. The molecule has 1 aliphatic rings. The van der Waals surface area contributed by atoms with Gasteiger partial charge in [-0.3, -0.25) is 4.99 Å². The van der Waals surface area contributed by atoms with E-state index in [-0.39, 0.29) is 28.9 Å². The molecule has 2 aromatic rings. The monoisotopic (exact) mass is 542 g/mol. The molecule has 0 aliphatic carbocycles. The van der Waals surface area contributed by atoms with E-state index in [0.29, 0.717) is 12.5 Å². The van der Waals surface area contributed by atoms with Crippen molar-refractivity contribution < 1.29 is 8.42 Å². The van der Waals surface area contributed by atoms with Gasteiger partial charge >= 0.3 is 0 Å². The van der Waals surface area contributed by atoms with Crippen LogP contribution in [0.4, 0.5) is 0 Å². The maximum atomic E-state index is 11.4. The van der Waals surface area contributed by atoms with E-state index in [0.717, 1.165) is 44.0 Å². The molecule has 0 spiro atoms. The summed E-state index contributed by atoms with van der Waals surface area (Å²) in [7, 11) is -3.64. The van der Waals surface area contributed by atoms with Crippen LogP contribution in [0.1, 0.15) is 24.5 Å². The number of halogens is 1. The molecule has 1 fully saturated rings. The third-order valence-corrected chi connectivity index (χ3v) is 6.13. The molecule has 1 saturated heterocycles. The first kappa shape index (κ1) is 24.6. The lowest BCUT2D eigenvalue weighted by molar-refractivity contribution is 0.460. The predicted molar refractivity (Wildman–Crippen MR) is 133 cm³/mol. The zero-order valence-corrected chi connectivity index (χ0v) is 20.5. The van der Waals surface area contributed by atoms with Crippen LogP contribution in [-0.4, -0.2) is 45.5 Å². The Labute approximate surface area is 197 Å². The van der Waals surface area contributed by atoms with E-state index < -0.39 is 10.0 Å². The molecule has 30 heavy (non-hydrogen) atoms. The average Bonchev–Trinajstić information content (AvgIpc) is 3.16. The smallest absolute Gasteiger partial charge is 0.238 e. The number of likely N-dealkylation sites (tertiary alicyclic amines) is 1. The number of rotatable bonds is 7. The summed E-state index contributed by atoms with van der Waals surface area (Å²) >= 11 is 0. The zero-order chi connectivity index (χ0) is 20.7. The van der Waals surface area contributed by atoms with Gasteiger partial charge in [0.2, 0.25) is 10.0 Å². The third kappa shape index (κ3) is 7.24. The number of sulfonamides is 1. The van der Waals surface area contributed by atoms with E-state index in [1.807, 2.05) is 0 Å². The van der Waals surface area contributed by atoms with Crippen molar-refractivity contribution in [3.63, 3.8) is 0 Å². The molecule has 1 heterocycles. The van der Waals surface area contributed by atoms with E-state index in [1.165, 1.54) is 12.0 Å². The van der Waals surface area contributed by atoms with Crippen molar-refractivity contribution in [1.29, 1.82) is 0 Å². The van der Waals surface area contributed by atoms with Gasteiger partial charge in [0.15, 0.2) is 5.96 Å². The summed E-state index contributed by atoms with van der Waals surface area (Å²) in [5.74, 6) is 1.61. The molecule has 6 nitrogen and oxygen atoms in total. The van der Waals surface area contributed by atoms with Crippen molar-refractivity contribution in [2.45, 2.75) is 31.1 Å². The van der Waals surface area contributed by atoms with E-state index in [2.05, 4.69) is 47.5 Å². The summed E-state index contributed by atoms with van der Waals surface area (Å²) in [4.78, 5) is 7.28. The fraction of sp³-hybridized carbons (Fsp3) is 0.409. The topological polar surface area (TPSA) is 87.8 Å². The van der Waals surface area contributed by atoms with Crippen molar-refractivity contribution in [2.75, 3.05) is 26.2 Å². The minimum atomic E-state index is -3.64. The average molecular weight is 542 g/mol. The molecule has 0 radical (unpaired) electrons. The highest BCUT2D eigenvalue weighted by atomic mass is 127. The highest BCUT2D eigenvalue weighted by molar-refractivity contribution is 14.0. The van der Waals surface area contributed by atoms with E-state index in [1.54, 1.807) is 24.3 Å². The molecule has 2 aromatic carbocycles. The predicted octanol–water partition coefficient (Wildman–Crippen LogP) is 3.02. The number of nitrogens with two attached hydrogens (primary N) is 1. The molecule has 1 aliphatic heterocycles. The standard InChI is InChI=1S/C22H30N4O2S.HI/c1-2-24-22(25-14-12-18-8-10-21(11-9-18)29(23,27)28)26-15-13-20(17-26)16-19-6-4-3-5-7-19;/h3-11,20H,2,12-17H2,1H3,(H,24,25)(H2,23,27,28);1H. The quantitative estimate of drug-likeness (QED) is 0.320. The summed E-state index contributed by atoms with van der Waals surface area (Å²) in [6, 6.07) is 17.4. The Morgan fingerprint density at radius 2 is 1.83 bits per heavy atom. The van der Waals surface area contributed by atoms with Crippen molar-refractivity contribution in [3.8, 4) is 0 Å². The third-order valence-electron chi connectivity index (χ3n) is 5.20. The Hall–Kier alpha value is -1.65. The minimum Gasteiger partial charge on any atom is -0.357 e. The van der Waals surface area contributed by atoms with Crippen molar-refractivity contribution in [2.24, 2.45) is 16.0 Å². The molecule has 1 atom stereocenters. The van der Waals surface area contributed by atoms with Crippen molar-refractivity contribution in [1.82, 2.24) is 10.2 Å². The number of hydrogen-bond acceptors (Lipinski definition) is 3. The highest BCUT2D eigenvalue weighted by Gasteiger charge is 2.24. The van der Waals surface area contributed by atoms with E-state index >= 15 is 0 Å². The Bertz CT molecular complexity index is 918. The second-order valence-electron chi connectivity index (χ2n) is 7.47. The van der Waals surface area contributed by atoms with Gasteiger partial charge in [0.25, 0.3) is 0 Å². The Kier molecular flexibility index (Phi) is 9.57. The van der Waals surface area contributed by atoms with Gasteiger partial charge in [-0.2, -0.15) is 0 Å². The summed E-state index contributed by atoms with van der Waals surface area (Å²) in [6.45, 7) is 5.61. The van der Waals surface area contributed by atoms with E-state index in [9.17, 15) is 8.42 Å². The first-order valence-corrected chi connectivity index (χ1v) is 11.7. The van der Waals surface area contributed by atoms with Crippen LogP contribution < -0.4 is 10.5 Å². The molecule has 0 bridgehead atoms. The number of guanidine groups is 1. The minimum absolute atomic E-state index is 0. The lowest BCUT2D eigenvalue weighted by atomic mass is 9.99. The summed E-state index contributed by atoms with van der Waals surface area (Å²) in [5.41, 5.74) is 2.43. The lowest BCUT2D eigenvalue weighted by Gasteiger charge is -2.21. The Morgan fingerprint density at radius 3 is 2.47 bits per heavy atom. The van der Waals surface area contributed by atoms with E-state index in [4.69, 9.17) is 10.1 Å². The van der Waals surface area contributed by atoms with Crippen LogP contribution in [-0.2, 0) is 22.9 Å². The van der Waals surface area contributed by atoms with Crippen LogP contribution in [0.3, 0.4) is 0 Å². The first-order chi connectivity index (χ1) is 14.0. The van der Waals surface area contributed by atoms with Gasteiger partial charge in [-0.25, -0.2) is 13.6 Å². The van der Waals surface area contributed by atoms with Gasteiger partial charge in [0, 0.05) is 26.2 Å². The number of nitrogens with zero attached hydrogens (tertiary/aromatic N) is 2. The maximum absolute atomic E-state index is 11.4. The zero-order valence-electron chi connectivity index (χ0n) is 17.3. The molecule has 0 aromatic heterocycles. The van der Waals surface area contributed by atoms with Crippen LogP contribution in [0, 0.1) is 5.92 Å². The normalized spacial score (nSPS) is 16.9. The van der Waals surface area contributed by atoms with Crippen LogP contribution in [0.2, 0.25) is 0 Å². The van der Waals surface area contributed by atoms with Crippen molar-refractivity contribution in [3.05, 3.63) is 65.7 Å². The van der Waals surface area contributed by atoms with Gasteiger partial charge in [-0.15, -0.1) is 24.0 Å². The van der Waals surface area contributed by atoms with Gasteiger partial charge in [-0.05, 0) is 55.4 Å². The number of benzene rings is 2. The van der Waals surface area contributed by atoms with Gasteiger partial charge in [0.05, 0.1) is 4.90 Å². The summed E-state index contributed by atoms with van der Waals surface area (Å²) < 4.78 is 22.7. The van der Waals surface area contributed by atoms with Crippen LogP contribution in [0.25, 0.3) is 0 Å². The number of aliphatic imine (C=N–C) groups is 1. The lowest BCUT2D eigenvalue weighted by Crippen LogP contribution is -2.40. The van der Waals surface area contributed by atoms with Crippen molar-refractivity contribution >= 4 is 40.0 Å². The van der Waals surface area contributed by atoms with Gasteiger partial charge < -0.3 is 10.2 Å². The maximum Gasteiger partial charge on any atom is 0.238 e. The molecular formula is C22H31IN4O2S. The first-order valence-electron chi connectivity index (χ1n) is 10.1. The fourth-order valence-electron chi connectivity index (χ4n) is 3.70. The molecule has 0 amide bonds. The number of nitrogens with one attached hydrogen (secondary N) is 1. The Balaban J connectivity index is 0.00000320.